The lowest BCUT2D eigenvalue weighted by atomic mass is 9.89. The average Bonchev–Trinajstić information content (AvgIpc) is 2.25. The number of benzene rings is 1. The summed E-state index contributed by atoms with van der Waals surface area (Å²) in [6.07, 6.45) is 0.546. The molecule has 0 amide bonds. The van der Waals surface area contributed by atoms with Gasteiger partial charge in [0.05, 0.1) is 13.0 Å². The SMILES string of the molecule is COc1cccc(CC(C(=O)O)C(C)C)c1. The van der Waals surface area contributed by atoms with E-state index in [0.717, 1.165) is 11.3 Å². The zero-order valence-corrected chi connectivity index (χ0v) is 9.93. The predicted octanol–water partition coefficient (Wildman–Crippen LogP) is 2.59. The minimum atomic E-state index is -0.738. The van der Waals surface area contributed by atoms with Gasteiger partial charge in [0, 0.05) is 0 Å². The molecule has 0 aliphatic carbocycles. The van der Waals surface area contributed by atoms with E-state index in [-0.39, 0.29) is 11.8 Å². The second-order valence-electron chi connectivity index (χ2n) is 4.24. The lowest BCUT2D eigenvalue weighted by molar-refractivity contribution is -0.143. The topological polar surface area (TPSA) is 46.5 Å². The first kappa shape index (κ1) is 12.6. The van der Waals surface area contributed by atoms with Crippen LogP contribution < -0.4 is 4.74 Å². The van der Waals surface area contributed by atoms with E-state index in [1.165, 1.54) is 0 Å². The van der Waals surface area contributed by atoms with E-state index >= 15 is 0 Å². The maximum Gasteiger partial charge on any atom is 0.307 e. The van der Waals surface area contributed by atoms with Crippen molar-refractivity contribution in [3.63, 3.8) is 0 Å². The highest BCUT2D eigenvalue weighted by Gasteiger charge is 2.21. The summed E-state index contributed by atoms with van der Waals surface area (Å²) < 4.78 is 5.11. The maximum atomic E-state index is 11.1. The second kappa shape index (κ2) is 5.54. The normalized spacial score (nSPS) is 12.5. The van der Waals surface area contributed by atoms with Crippen molar-refractivity contribution in [2.45, 2.75) is 20.3 Å². The Morgan fingerprint density at radius 1 is 1.44 bits per heavy atom. The second-order valence-corrected chi connectivity index (χ2v) is 4.24. The zero-order chi connectivity index (χ0) is 12.1. The summed E-state index contributed by atoms with van der Waals surface area (Å²) in [7, 11) is 1.61. The molecule has 1 aromatic rings. The number of aliphatic carboxylic acids is 1. The summed E-state index contributed by atoms with van der Waals surface area (Å²) in [5.74, 6) is -0.181. The van der Waals surface area contributed by atoms with Crippen LogP contribution in [0.15, 0.2) is 24.3 Å². The lowest BCUT2D eigenvalue weighted by Gasteiger charge is -2.16. The molecule has 1 atom stereocenters. The molecule has 0 heterocycles. The first-order chi connectivity index (χ1) is 7.54. The molecule has 1 aromatic carbocycles. The highest BCUT2D eigenvalue weighted by atomic mass is 16.5. The van der Waals surface area contributed by atoms with Gasteiger partial charge in [-0.25, -0.2) is 0 Å². The molecule has 1 rings (SSSR count). The highest BCUT2D eigenvalue weighted by molar-refractivity contribution is 5.70. The number of ether oxygens (including phenoxy) is 1. The maximum absolute atomic E-state index is 11.1. The van der Waals surface area contributed by atoms with Crippen LogP contribution in [0.3, 0.4) is 0 Å². The first-order valence-corrected chi connectivity index (χ1v) is 5.40. The van der Waals surface area contributed by atoms with Crippen LogP contribution in [-0.4, -0.2) is 18.2 Å². The molecular formula is C13H18O3. The van der Waals surface area contributed by atoms with Crippen molar-refractivity contribution < 1.29 is 14.6 Å². The smallest absolute Gasteiger partial charge is 0.307 e. The van der Waals surface area contributed by atoms with Crippen LogP contribution in [0.2, 0.25) is 0 Å². The number of hydrogen-bond donors (Lipinski definition) is 1. The molecule has 1 unspecified atom stereocenters. The van der Waals surface area contributed by atoms with Crippen LogP contribution >= 0.6 is 0 Å². The van der Waals surface area contributed by atoms with Gasteiger partial charge in [0.25, 0.3) is 0 Å². The number of carboxylic acids is 1. The van der Waals surface area contributed by atoms with Gasteiger partial charge < -0.3 is 9.84 Å². The molecule has 0 spiro atoms. The van der Waals surface area contributed by atoms with Gasteiger partial charge in [-0.05, 0) is 30.0 Å². The Bertz CT molecular complexity index is 358. The summed E-state index contributed by atoms with van der Waals surface area (Å²) in [6, 6.07) is 7.56. The Balaban J connectivity index is 2.81. The number of methoxy groups -OCH3 is 1. The molecule has 16 heavy (non-hydrogen) atoms. The first-order valence-electron chi connectivity index (χ1n) is 5.40. The number of carboxylic acid groups (broad SMARTS) is 1. The number of hydrogen-bond acceptors (Lipinski definition) is 2. The Kier molecular flexibility index (Phi) is 4.35. The molecular weight excluding hydrogens is 204 g/mol. The van der Waals surface area contributed by atoms with E-state index in [1.807, 2.05) is 38.1 Å². The van der Waals surface area contributed by atoms with Gasteiger partial charge in [0.2, 0.25) is 0 Å². The third kappa shape index (κ3) is 3.26. The molecule has 0 fully saturated rings. The summed E-state index contributed by atoms with van der Waals surface area (Å²) in [6.45, 7) is 3.86. The van der Waals surface area contributed by atoms with Crippen LogP contribution in [0.1, 0.15) is 19.4 Å². The monoisotopic (exact) mass is 222 g/mol. The zero-order valence-electron chi connectivity index (χ0n) is 9.93. The fourth-order valence-corrected chi connectivity index (χ4v) is 1.66. The predicted molar refractivity (Wildman–Crippen MR) is 62.7 cm³/mol. The van der Waals surface area contributed by atoms with Gasteiger partial charge in [-0.3, -0.25) is 4.79 Å². The van der Waals surface area contributed by atoms with Crippen molar-refractivity contribution in [1.29, 1.82) is 0 Å². The molecule has 88 valence electrons. The van der Waals surface area contributed by atoms with Gasteiger partial charge in [0.1, 0.15) is 5.75 Å². The van der Waals surface area contributed by atoms with Gasteiger partial charge in [0.15, 0.2) is 0 Å². The molecule has 0 bridgehead atoms. The Hall–Kier alpha value is -1.51. The van der Waals surface area contributed by atoms with E-state index in [9.17, 15) is 4.79 Å². The third-order valence-electron chi connectivity index (χ3n) is 2.71. The number of carbonyl (C=O) groups is 1. The van der Waals surface area contributed by atoms with Crippen LogP contribution in [0, 0.1) is 11.8 Å². The summed E-state index contributed by atoms with van der Waals surface area (Å²) in [5, 5.41) is 9.10. The molecule has 1 N–H and O–H groups in total. The van der Waals surface area contributed by atoms with Crippen molar-refractivity contribution in [3.8, 4) is 5.75 Å². The molecule has 0 saturated carbocycles. The Labute approximate surface area is 96.1 Å². The van der Waals surface area contributed by atoms with Crippen molar-refractivity contribution in [2.75, 3.05) is 7.11 Å². The van der Waals surface area contributed by atoms with Crippen LogP contribution in [0.4, 0.5) is 0 Å². The molecule has 0 aliphatic rings. The van der Waals surface area contributed by atoms with Crippen LogP contribution in [-0.2, 0) is 11.2 Å². The summed E-state index contributed by atoms with van der Waals surface area (Å²) >= 11 is 0. The summed E-state index contributed by atoms with van der Waals surface area (Å²) in [4.78, 5) is 11.1. The van der Waals surface area contributed by atoms with Crippen molar-refractivity contribution in [3.05, 3.63) is 29.8 Å². The van der Waals surface area contributed by atoms with E-state index in [4.69, 9.17) is 9.84 Å². The van der Waals surface area contributed by atoms with Crippen LogP contribution in [0.5, 0.6) is 5.75 Å². The van der Waals surface area contributed by atoms with E-state index in [0.29, 0.717) is 6.42 Å². The van der Waals surface area contributed by atoms with Gasteiger partial charge >= 0.3 is 5.97 Å². The van der Waals surface area contributed by atoms with Gasteiger partial charge in [-0.2, -0.15) is 0 Å². The van der Waals surface area contributed by atoms with Gasteiger partial charge in [-0.1, -0.05) is 26.0 Å². The fourth-order valence-electron chi connectivity index (χ4n) is 1.66. The van der Waals surface area contributed by atoms with Crippen molar-refractivity contribution in [2.24, 2.45) is 11.8 Å². The molecule has 0 saturated heterocycles. The van der Waals surface area contributed by atoms with Gasteiger partial charge in [-0.15, -0.1) is 0 Å². The van der Waals surface area contributed by atoms with E-state index in [1.54, 1.807) is 7.11 Å². The standard InChI is InChI=1S/C13H18O3/c1-9(2)12(13(14)15)8-10-5-4-6-11(7-10)16-3/h4-7,9,12H,8H2,1-3H3,(H,14,15). The lowest BCUT2D eigenvalue weighted by Crippen LogP contribution is -2.22. The quantitative estimate of drug-likeness (QED) is 0.833. The number of rotatable bonds is 5. The molecule has 0 aliphatic heterocycles. The average molecular weight is 222 g/mol. The third-order valence-corrected chi connectivity index (χ3v) is 2.71. The molecule has 0 radical (unpaired) electrons. The molecule has 3 heteroatoms. The minimum absolute atomic E-state index is 0.128. The van der Waals surface area contributed by atoms with Crippen molar-refractivity contribution >= 4 is 5.97 Å². The fraction of sp³-hybridized carbons (Fsp3) is 0.462. The van der Waals surface area contributed by atoms with Crippen molar-refractivity contribution in [1.82, 2.24) is 0 Å². The summed E-state index contributed by atoms with van der Waals surface area (Å²) in [5.41, 5.74) is 1.00. The van der Waals surface area contributed by atoms with E-state index in [2.05, 4.69) is 0 Å². The largest absolute Gasteiger partial charge is 0.497 e. The highest BCUT2D eigenvalue weighted by Crippen LogP contribution is 2.20. The van der Waals surface area contributed by atoms with E-state index < -0.39 is 5.97 Å². The Morgan fingerprint density at radius 2 is 2.12 bits per heavy atom. The Morgan fingerprint density at radius 3 is 2.62 bits per heavy atom. The van der Waals surface area contributed by atoms with Crippen LogP contribution in [0.25, 0.3) is 0 Å². The molecule has 0 aromatic heterocycles. The minimum Gasteiger partial charge on any atom is -0.497 e. The molecule has 3 nitrogen and oxygen atoms in total.